The fraction of sp³-hybridized carbons (Fsp3) is 0.158. The molecule has 0 aliphatic heterocycles. The van der Waals surface area contributed by atoms with Gasteiger partial charge in [-0.15, -0.1) is 11.3 Å². The maximum absolute atomic E-state index is 12.6. The fourth-order valence-corrected chi connectivity index (χ4v) is 3.32. The molecule has 0 radical (unpaired) electrons. The zero-order valence-electron chi connectivity index (χ0n) is 15.0. The van der Waals surface area contributed by atoms with Crippen LogP contribution in [0.1, 0.15) is 21.5 Å². The number of anilines is 1. The average Bonchev–Trinajstić information content (AvgIpc) is 3.11. The van der Waals surface area contributed by atoms with Gasteiger partial charge in [0.1, 0.15) is 5.75 Å². The molecule has 138 valence electrons. The highest BCUT2D eigenvalue weighted by Gasteiger charge is 2.19. The van der Waals surface area contributed by atoms with Crippen LogP contribution in [0.3, 0.4) is 0 Å². The van der Waals surface area contributed by atoms with Crippen LogP contribution in [-0.2, 0) is 0 Å². The van der Waals surface area contributed by atoms with Crippen LogP contribution in [0.2, 0.25) is 0 Å². The lowest BCUT2D eigenvalue weighted by molar-refractivity contribution is -0.384. The van der Waals surface area contributed by atoms with Crippen LogP contribution in [-0.4, -0.2) is 22.9 Å². The first kappa shape index (κ1) is 18.5. The number of nitro benzene ring substituents is 1. The minimum Gasteiger partial charge on any atom is -0.496 e. The molecule has 0 bridgehead atoms. The van der Waals surface area contributed by atoms with Gasteiger partial charge in [-0.3, -0.25) is 20.2 Å². The smallest absolute Gasteiger partial charge is 0.270 e. The first-order valence-electron chi connectivity index (χ1n) is 8.06. The van der Waals surface area contributed by atoms with Crippen molar-refractivity contribution in [3.05, 3.63) is 68.6 Å². The lowest BCUT2D eigenvalue weighted by Crippen LogP contribution is -2.13. The summed E-state index contributed by atoms with van der Waals surface area (Å²) in [5.74, 6) is -0.262. The van der Waals surface area contributed by atoms with Crippen LogP contribution in [0.25, 0.3) is 11.3 Å². The van der Waals surface area contributed by atoms with E-state index >= 15 is 0 Å². The van der Waals surface area contributed by atoms with E-state index in [-0.39, 0.29) is 17.0 Å². The van der Waals surface area contributed by atoms with Gasteiger partial charge in [-0.2, -0.15) is 0 Å². The van der Waals surface area contributed by atoms with Gasteiger partial charge >= 0.3 is 0 Å². The molecule has 0 atom stereocenters. The van der Waals surface area contributed by atoms with Crippen LogP contribution in [0.15, 0.2) is 41.8 Å². The van der Waals surface area contributed by atoms with Crippen LogP contribution in [0.5, 0.6) is 5.75 Å². The molecule has 0 unspecified atom stereocenters. The summed E-state index contributed by atoms with van der Waals surface area (Å²) in [7, 11) is 1.40. The molecule has 0 saturated carbocycles. The van der Waals surface area contributed by atoms with Crippen molar-refractivity contribution in [3.8, 4) is 17.0 Å². The number of nitrogens with one attached hydrogen (secondary N) is 1. The molecule has 1 heterocycles. The van der Waals surface area contributed by atoms with Gasteiger partial charge in [-0.05, 0) is 31.5 Å². The highest BCUT2D eigenvalue weighted by Crippen LogP contribution is 2.30. The number of ether oxygens (including phenoxy) is 1. The second kappa shape index (κ2) is 7.55. The van der Waals surface area contributed by atoms with Crippen molar-refractivity contribution in [1.29, 1.82) is 0 Å². The van der Waals surface area contributed by atoms with E-state index in [0.29, 0.717) is 5.13 Å². The van der Waals surface area contributed by atoms with Gasteiger partial charge in [0.15, 0.2) is 5.13 Å². The number of amides is 1. The molecule has 8 heteroatoms. The van der Waals surface area contributed by atoms with Crippen LogP contribution < -0.4 is 10.1 Å². The first-order chi connectivity index (χ1) is 12.9. The molecule has 0 spiro atoms. The number of nitro groups is 1. The number of aryl methyl sites for hydroxylation is 2. The quantitative estimate of drug-likeness (QED) is 0.513. The molecule has 7 nitrogen and oxygen atoms in total. The lowest BCUT2D eigenvalue weighted by Gasteiger charge is -2.07. The van der Waals surface area contributed by atoms with Crippen molar-refractivity contribution in [1.82, 2.24) is 4.98 Å². The Hall–Kier alpha value is -3.26. The minimum absolute atomic E-state index is 0.0789. The minimum atomic E-state index is -0.557. The normalized spacial score (nSPS) is 10.5. The van der Waals surface area contributed by atoms with Crippen LogP contribution in [0, 0.1) is 24.0 Å². The maximum atomic E-state index is 12.6. The summed E-state index contributed by atoms with van der Waals surface area (Å²) in [6.07, 6.45) is 0. The summed E-state index contributed by atoms with van der Waals surface area (Å²) < 4.78 is 5.14. The zero-order valence-corrected chi connectivity index (χ0v) is 15.8. The third kappa shape index (κ3) is 3.95. The number of aromatic nitrogens is 1. The number of hydrogen-bond donors (Lipinski definition) is 1. The Bertz CT molecular complexity index is 1030. The van der Waals surface area contributed by atoms with E-state index in [0.717, 1.165) is 22.4 Å². The summed E-state index contributed by atoms with van der Waals surface area (Å²) in [5, 5.41) is 15.9. The Morgan fingerprint density at radius 3 is 2.70 bits per heavy atom. The van der Waals surface area contributed by atoms with Crippen LogP contribution in [0.4, 0.5) is 10.8 Å². The predicted octanol–water partition coefficient (Wildman–Crippen LogP) is 4.60. The fourth-order valence-electron chi connectivity index (χ4n) is 2.62. The largest absolute Gasteiger partial charge is 0.496 e. The number of nitrogens with zero attached hydrogens (tertiary/aromatic N) is 2. The summed E-state index contributed by atoms with van der Waals surface area (Å²) >= 11 is 1.29. The molecule has 0 aliphatic rings. The molecular formula is C19H17N3O4S. The number of carbonyl (C=O) groups is 1. The molecule has 3 rings (SSSR count). The Balaban J connectivity index is 1.87. The van der Waals surface area contributed by atoms with Crippen molar-refractivity contribution in [2.24, 2.45) is 0 Å². The number of hydrogen-bond acceptors (Lipinski definition) is 6. The van der Waals surface area contributed by atoms with E-state index in [4.69, 9.17) is 4.74 Å². The molecule has 0 aliphatic carbocycles. The molecule has 1 N–H and O–H groups in total. The highest BCUT2D eigenvalue weighted by atomic mass is 32.1. The van der Waals surface area contributed by atoms with Gasteiger partial charge < -0.3 is 4.74 Å². The van der Waals surface area contributed by atoms with Crippen molar-refractivity contribution in [2.75, 3.05) is 12.4 Å². The highest BCUT2D eigenvalue weighted by molar-refractivity contribution is 7.14. The molecular weight excluding hydrogens is 366 g/mol. The third-order valence-corrected chi connectivity index (χ3v) is 4.79. The Kier molecular flexibility index (Phi) is 5.18. The Labute approximate surface area is 159 Å². The summed E-state index contributed by atoms with van der Waals surface area (Å²) in [5.41, 5.74) is 3.87. The van der Waals surface area contributed by atoms with E-state index in [2.05, 4.69) is 10.3 Å². The number of non-ortho nitro benzene ring substituents is 1. The van der Waals surface area contributed by atoms with E-state index in [9.17, 15) is 14.9 Å². The number of carbonyl (C=O) groups excluding carboxylic acids is 1. The van der Waals surface area contributed by atoms with Crippen molar-refractivity contribution in [2.45, 2.75) is 13.8 Å². The Morgan fingerprint density at radius 2 is 2.00 bits per heavy atom. The molecule has 3 aromatic rings. The van der Waals surface area contributed by atoms with Crippen molar-refractivity contribution >= 4 is 28.1 Å². The third-order valence-electron chi connectivity index (χ3n) is 4.03. The van der Waals surface area contributed by atoms with E-state index in [1.165, 1.54) is 36.6 Å². The van der Waals surface area contributed by atoms with Crippen molar-refractivity contribution < 1.29 is 14.5 Å². The second-order valence-corrected chi connectivity index (χ2v) is 6.81. The lowest BCUT2D eigenvalue weighted by atomic mass is 10.0. The molecule has 0 saturated heterocycles. The van der Waals surface area contributed by atoms with E-state index in [1.807, 2.05) is 37.4 Å². The van der Waals surface area contributed by atoms with Gasteiger partial charge in [0.2, 0.25) is 0 Å². The number of methoxy groups -OCH3 is 1. The molecule has 1 amide bonds. The molecule has 27 heavy (non-hydrogen) atoms. The molecule has 0 fully saturated rings. The Morgan fingerprint density at radius 1 is 1.22 bits per heavy atom. The van der Waals surface area contributed by atoms with Crippen molar-refractivity contribution in [3.63, 3.8) is 0 Å². The molecule has 1 aromatic heterocycles. The van der Waals surface area contributed by atoms with E-state index < -0.39 is 10.8 Å². The maximum Gasteiger partial charge on any atom is 0.270 e. The van der Waals surface area contributed by atoms with Gasteiger partial charge in [0.25, 0.3) is 11.6 Å². The summed E-state index contributed by atoms with van der Waals surface area (Å²) in [6.45, 7) is 4.01. The average molecular weight is 383 g/mol. The number of rotatable bonds is 5. The SMILES string of the molecule is COc1ccc([N+](=O)[O-])cc1C(=O)Nc1nc(-c2cc(C)ccc2C)cs1. The summed E-state index contributed by atoms with van der Waals surface area (Å²) in [4.78, 5) is 27.5. The number of thiazole rings is 1. The number of benzene rings is 2. The first-order valence-corrected chi connectivity index (χ1v) is 8.94. The van der Waals surface area contributed by atoms with Gasteiger partial charge in [-0.25, -0.2) is 4.98 Å². The van der Waals surface area contributed by atoms with Gasteiger partial charge in [-0.1, -0.05) is 17.7 Å². The summed E-state index contributed by atoms with van der Waals surface area (Å²) in [6, 6.07) is 9.97. The van der Waals surface area contributed by atoms with Gasteiger partial charge in [0, 0.05) is 23.1 Å². The van der Waals surface area contributed by atoms with Crippen LogP contribution >= 0.6 is 11.3 Å². The zero-order chi connectivity index (χ0) is 19.6. The topological polar surface area (TPSA) is 94.4 Å². The molecule has 2 aromatic carbocycles. The second-order valence-electron chi connectivity index (χ2n) is 5.95. The van der Waals surface area contributed by atoms with E-state index in [1.54, 1.807) is 0 Å². The standard InChI is InChI=1S/C19H17N3O4S/c1-11-4-5-12(2)14(8-11)16-10-27-19(20-16)21-18(23)15-9-13(22(24)25)6-7-17(15)26-3/h4-10H,1-3H3,(H,20,21,23). The van der Waals surface area contributed by atoms with Gasteiger partial charge in [0.05, 0.1) is 23.3 Å². The monoisotopic (exact) mass is 383 g/mol. The predicted molar refractivity (Wildman–Crippen MR) is 105 cm³/mol.